The molecule has 1 saturated carbocycles. The molecule has 0 unspecified atom stereocenters. The Bertz CT molecular complexity index is 534. The molecule has 0 spiro atoms. The lowest BCUT2D eigenvalue weighted by molar-refractivity contribution is -0.150. The molecule has 0 radical (unpaired) electrons. The standard InChI is InChI=1S/C15H25N5O2/c1-15(2,3)14-16-17-18-20(14)10-13(21)19-8-9-22-12-7-5-4-6-11(12)19/h11-12H,4-10H2,1-3H3/t11-,12-/m1/s1. The minimum atomic E-state index is -0.178. The van der Waals surface area contributed by atoms with Crippen molar-refractivity contribution in [1.82, 2.24) is 25.1 Å². The predicted molar refractivity (Wildman–Crippen MR) is 80.2 cm³/mol. The summed E-state index contributed by atoms with van der Waals surface area (Å²) in [5, 5.41) is 11.8. The van der Waals surface area contributed by atoms with E-state index in [4.69, 9.17) is 4.74 Å². The monoisotopic (exact) mass is 307 g/mol. The number of morpholine rings is 1. The van der Waals surface area contributed by atoms with E-state index in [2.05, 4.69) is 15.5 Å². The highest BCUT2D eigenvalue weighted by molar-refractivity contribution is 5.76. The van der Waals surface area contributed by atoms with Crippen molar-refractivity contribution in [2.75, 3.05) is 13.2 Å². The summed E-state index contributed by atoms with van der Waals surface area (Å²) >= 11 is 0. The van der Waals surface area contributed by atoms with Crippen LogP contribution in [0.3, 0.4) is 0 Å². The van der Waals surface area contributed by atoms with Crippen molar-refractivity contribution in [3.63, 3.8) is 0 Å². The molecule has 7 nitrogen and oxygen atoms in total. The molecule has 2 aliphatic rings. The largest absolute Gasteiger partial charge is 0.374 e. The number of carbonyl (C=O) groups excluding carboxylic acids is 1. The van der Waals surface area contributed by atoms with E-state index in [0.717, 1.165) is 18.7 Å². The molecule has 0 aromatic carbocycles. The zero-order valence-corrected chi connectivity index (χ0v) is 13.7. The first-order valence-electron chi connectivity index (χ1n) is 8.14. The second-order valence-electron chi connectivity index (χ2n) is 7.26. The summed E-state index contributed by atoms with van der Waals surface area (Å²) in [6.07, 6.45) is 4.68. The summed E-state index contributed by atoms with van der Waals surface area (Å²) in [6.45, 7) is 7.66. The van der Waals surface area contributed by atoms with E-state index >= 15 is 0 Å². The van der Waals surface area contributed by atoms with E-state index in [1.807, 2.05) is 25.7 Å². The Morgan fingerprint density at radius 2 is 2.09 bits per heavy atom. The van der Waals surface area contributed by atoms with Gasteiger partial charge in [0.05, 0.1) is 18.8 Å². The number of ether oxygens (including phenoxy) is 1. The molecule has 1 aromatic rings. The molecule has 122 valence electrons. The molecule has 7 heteroatoms. The van der Waals surface area contributed by atoms with Crippen molar-refractivity contribution in [1.29, 1.82) is 0 Å². The second kappa shape index (κ2) is 5.95. The first-order chi connectivity index (χ1) is 10.5. The zero-order valence-electron chi connectivity index (χ0n) is 13.7. The number of tetrazole rings is 1. The van der Waals surface area contributed by atoms with Crippen molar-refractivity contribution in [3.05, 3.63) is 5.82 Å². The Kier molecular flexibility index (Phi) is 4.16. The summed E-state index contributed by atoms with van der Waals surface area (Å²) in [6, 6.07) is 0.226. The fraction of sp³-hybridized carbons (Fsp3) is 0.867. The molecule has 1 aliphatic heterocycles. The Balaban J connectivity index is 1.73. The molecule has 1 saturated heterocycles. The van der Waals surface area contributed by atoms with Crippen molar-refractivity contribution in [3.8, 4) is 0 Å². The smallest absolute Gasteiger partial charge is 0.244 e. The van der Waals surface area contributed by atoms with Crippen LogP contribution in [0.1, 0.15) is 52.3 Å². The van der Waals surface area contributed by atoms with E-state index in [9.17, 15) is 4.79 Å². The van der Waals surface area contributed by atoms with E-state index in [1.54, 1.807) is 4.68 Å². The van der Waals surface area contributed by atoms with Gasteiger partial charge in [0, 0.05) is 12.0 Å². The van der Waals surface area contributed by atoms with E-state index in [0.29, 0.717) is 13.2 Å². The van der Waals surface area contributed by atoms with Gasteiger partial charge < -0.3 is 9.64 Å². The minimum Gasteiger partial charge on any atom is -0.374 e. The normalized spacial score (nSPS) is 25.9. The highest BCUT2D eigenvalue weighted by atomic mass is 16.5. The Hall–Kier alpha value is -1.50. The quantitative estimate of drug-likeness (QED) is 0.819. The number of carbonyl (C=O) groups is 1. The average Bonchev–Trinajstić information content (AvgIpc) is 2.95. The predicted octanol–water partition coefficient (Wildman–Crippen LogP) is 1.14. The van der Waals surface area contributed by atoms with Gasteiger partial charge in [-0.3, -0.25) is 4.79 Å². The van der Waals surface area contributed by atoms with E-state index in [-0.39, 0.29) is 30.0 Å². The van der Waals surface area contributed by atoms with Gasteiger partial charge in [0.2, 0.25) is 5.91 Å². The molecular weight excluding hydrogens is 282 g/mol. The van der Waals surface area contributed by atoms with Gasteiger partial charge in [-0.25, -0.2) is 4.68 Å². The van der Waals surface area contributed by atoms with Crippen LogP contribution >= 0.6 is 0 Å². The van der Waals surface area contributed by atoms with Gasteiger partial charge in [-0.05, 0) is 23.3 Å². The lowest BCUT2D eigenvalue weighted by Gasteiger charge is -2.43. The maximum atomic E-state index is 12.8. The molecule has 0 N–H and O–H groups in total. The lowest BCUT2D eigenvalue weighted by atomic mass is 9.90. The fourth-order valence-corrected chi connectivity index (χ4v) is 3.47. The molecule has 0 bridgehead atoms. The number of nitrogens with zero attached hydrogens (tertiary/aromatic N) is 5. The zero-order chi connectivity index (χ0) is 15.7. The Morgan fingerprint density at radius 3 is 2.86 bits per heavy atom. The minimum absolute atomic E-state index is 0.0954. The second-order valence-corrected chi connectivity index (χ2v) is 7.26. The van der Waals surface area contributed by atoms with Gasteiger partial charge in [0.25, 0.3) is 0 Å². The summed E-state index contributed by atoms with van der Waals surface area (Å²) < 4.78 is 7.47. The first kappa shape index (κ1) is 15.4. The molecule has 22 heavy (non-hydrogen) atoms. The highest BCUT2D eigenvalue weighted by Gasteiger charge is 2.37. The maximum absolute atomic E-state index is 12.8. The number of amides is 1. The molecule has 3 rings (SSSR count). The third-order valence-electron chi connectivity index (χ3n) is 4.54. The van der Waals surface area contributed by atoms with Gasteiger partial charge in [-0.1, -0.05) is 33.6 Å². The van der Waals surface area contributed by atoms with Crippen molar-refractivity contribution in [2.24, 2.45) is 0 Å². The molecule has 1 aromatic heterocycles. The molecule has 2 heterocycles. The van der Waals surface area contributed by atoms with Gasteiger partial charge in [-0.2, -0.15) is 0 Å². The Labute approximate surface area is 131 Å². The average molecular weight is 307 g/mol. The van der Waals surface area contributed by atoms with Crippen LogP contribution in [0.25, 0.3) is 0 Å². The number of aromatic nitrogens is 4. The topological polar surface area (TPSA) is 73.1 Å². The van der Waals surface area contributed by atoms with Crippen LogP contribution in [0.15, 0.2) is 0 Å². The number of fused-ring (bicyclic) bond motifs is 1. The van der Waals surface area contributed by atoms with E-state index < -0.39 is 0 Å². The summed E-state index contributed by atoms with van der Waals surface area (Å²) in [4.78, 5) is 14.7. The number of hydrogen-bond donors (Lipinski definition) is 0. The van der Waals surface area contributed by atoms with Gasteiger partial charge in [0.1, 0.15) is 6.54 Å². The SMILES string of the molecule is CC(C)(C)c1nnnn1CC(=O)N1CCO[C@@H]2CCCC[C@H]21. The molecule has 1 aliphatic carbocycles. The lowest BCUT2D eigenvalue weighted by Crippen LogP contribution is -2.55. The third-order valence-corrected chi connectivity index (χ3v) is 4.54. The van der Waals surface area contributed by atoms with Crippen LogP contribution in [-0.2, 0) is 21.5 Å². The van der Waals surface area contributed by atoms with Crippen LogP contribution < -0.4 is 0 Å². The maximum Gasteiger partial charge on any atom is 0.244 e. The van der Waals surface area contributed by atoms with Gasteiger partial charge in [0.15, 0.2) is 5.82 Å². The van der Waals surface area contributed by atoms with Gasteiger partial charge in [-0.15, -0.1) is 5.10 Å². The highest BCUT2D eigenvalue weighted by Crippen LogP contribution is 2.28. The van der Waals surface area contributed by atoms with Crippen LogP contribution in [0.4, 0.5) is 0 Å². The fourth-order valence-electron chi connectivity index (χ4n) is 3.47. The van der Waals surface area contributed by atoms with Crippen molar-refractivity contribution in [2.45, 2.75) is 70.6 Å². The number of hydrogen-bond acceptors (Lipinski definition) is 5. The molecule has 1 amide bonds. The van der Waals surface area contributed by atoms with Crippen LogP contribution in [0, 0.1) is 0 Å². The van der Waals surface area contributed by atoms with Crippen molar-refractivity contribution >= 4 is 5.91 Å². The van der Waals surface area contributed by atoms with Crippen molar-refractivity contribution < 1.29 is 9.53 Å². The number of rotatable bonds is 2. The summed E-state index contributed by atoms with van der Waals surface area (Å²) in [5.41, 5.74) is -0.178. The molecule has 2 fully saturated rings. The van der Waals surface area contributed by atoms with Gasteiger partial charge >= 0.3 is 0 Å². The third kappa shape index (κ3) is 2.99. The van der Waals surface area contributed by atoms with Crippen LogP contribution in [-0.4, -0.2) is 56.3 Å². The Morgan fingerprint density at radius 1 is 1.32 bits per heavy atom. The first-order valence-corrected chi connectivity index (χ1v) is 8.14. The summed E-state index contributed by atoms with van der Waals surface area (Å²) in [5.74, 6) is 0.840. The summed E-state index contributed by atoms with van der Waals surface area (Å²) in [7, 11) is 0. The van der Waals surface area contributed by atoms with E-state index in [1.165, 1.54) is 12.8 Å². The van der Waals surface area contributed by atoms with Crippen LogP contribution in [0.2, 0.25) is 0 Å². The van der Waals surface area contributed by atoms with Crippen LogP contribution in [0.5, 0.6) is 0 Å². The molecule has 2 atom stereocenters. The molecular formula is C15H25N5O2.